The summed E-state index contributed by atoms with van der Waals surface area (Å²) in [5.74, 6) is 0.751. The monoisotopic (exact) mass is 308 g/mol. The molecular weight excluding hydrogens is 288 g/mol. The van der Waals surface area contributed by atoms with Crippen molar-refractivity contribution in [2.75, 3.05) is 19.6 Å². The number of benzene rings is 2. The van der Waals surface area contributed by atoms with E-state index in [1.54, 1.807) is 0 Å². The van der Waals surface area contributed by atoms with E-state index in [1.165, 1.54) is 31.5 Å². The van der Waals surface area contributed by atoms with Crippen molar-refractivity contribution < 1.29 is 9.15 Å². The van der Waals surface area contributed by atoms with E-state index in [9.17, 15) is 0 Å². The van der Waals surface area contributed by atoms with Gasteiger partial charge in [0, 0.05) is 6.54 Å². The van der Waals surface area contributed by atoms with Gasteiger partial charge in [0.1, 0.15) is 11.3 Å². The maximum atomic E-state index is 5.71. The fraction of sp³-hybridized carbons (Fsp3) is 0.316. The SMILES string of the molecule is c1ccc2oc(Oc3ccc(CCN4CCCC4)cc3)nc2c1. The molecule has 2 heterocycles. The highest BCUT2D eigenvalue weighted by molar-refractivity contribution is 5.72. The average Bonchev–Trinajstić information content (AvgIpc) is 3.23. The number of rotatable bonds is 5. The quantitative estimate of drug-likeness (QED) is 0.706. The van der Waals surface area contributed by atoms with Crippen LogP contribution >= 0.6 is 0 Å². The number of likely N-dealkylation sites (tertiary alicyclic amines) is 1. The summed E-state index contributed by atoms with van der Waals surface area (Å²) in [6.45, 7) is 3.64. The molecule has 0 amide bonds. The Balaban J connectivity index is 1.39. The summed E-state index contributed by atoms with van der Waals surface area (Å²) >= 11 is 0. The van der Waals surface area contributed by atoms with E-state index in [0.29, 0.717) is 0 Å². The Morgan fingerprint density at radius 1 is 1.00 bits per heavy atom. The highest BCUT2D eigenvalue weighted by Crippen LogP contribution is 2.25. The standard InChI is InChI=1S/C19H20N2O2/c1-2-6-18-17(5-1)20-19(23-18)22-16-9-7-15(8-10-16)11-14-21-12-3-4-13-21/h1-2,5-10H,3-4,11-14H2. The van der Waals surface area contributed by atoms with Gasteiger partial charge in [0.15, 0.2) is 5.58 Å². The van der Waals surface area contributed by atoms with Gasteiger partial charge in [0.05, 0.1) is 0 Å². The number of oxazole rings is 1. The van der Waals surface area contributed by atoms with Crippen molar-refractivity contribution in [1.82, 2.24) is 9.88 Å². The third-order valence-corrected chi connectivity index (χ3v) is 4.32. The lowest BCUT2D eigenvalue weighted by Gasteiger charge is -2.14. The summed E-state index contributed by atoms with van der Waals surface area (Å²) in [7, 11) is 0. The second-order valence-corrected chi connectivity index (χ2v) is 5.99. The average molecular weight is 308 g/mol. The van der Waals surface area contributed by atoms with Gasteiger partial charge in [-0.3, -0.25) is 0 Å². The summed E-state index contributed by atoms with van der Waals surface area (Å²) in [6, 6.07) is 15.9. The van der Waals surface area contributed by atoms with Gasteiger partial charge in [-0.2, -0.15) is 4.98 Å². The molecule has 0 aliphatic carbocycles. The van der Waals surface area contributed by atoms with Crippen LogP contribution in [-0.4, -0.2) is 29.5 Å². The van der Waals surface area contributed by atoms with Gasteiger partial charge < -0.3 is 14.1 Å². The maximum absolute atomic E-state index is 5.71. The first kappa shape index (κ1) is 14.3. The summed E-state index contributed by atoms with van der Waals surface area (Å²) in [5, 5.41) is 0. The van der Waals surface area contributed by atoms with Gasteiger partial charge in [0.25, 0.3) is 0 Å². The Morgan fingerprint density at radius 2 is 1.78 bits per heavy atom. The third kappa shape index (κ3) is 3.37. The molecule has 0 saturated carbocycles. The Morgan fingerprint density at radius 3 is 2.57 bits per heavy atom. The first-order chi connectivity index (χ1) is 11.4. The molecule has 1 fully saturated rings. The van der Waals surface area contributed by atoms with E-state index in [4.69, 9.17) is 9.15 Å². The minimum atomic E-state index is 0.288. The molecule has 1 aliphatic heterocycles. The van der Waals surface area contributed by atoms with Crippen LogP contribution in [0.2, 0.25) is 0 Å². The van der Waals surface area contributed by atoms with Gasteiger partial charge in [-0.15, -0.1) is 0 Å². The predicted octanol–water partition coefficient (Wildman–Crippen LogP) is 4.26. The highest BCUT2D eigenvalue weighted by atomic mass is 16.6. The number of fused-ring (bicyclic) bond motifs is 1. The van der Waals surface area contributed by atoms with E-state index in [0.717, 1.165) is 29.8 Å². The van der Waals surface area contributed by atoms with E-state index < -0.39 is 0 Å². The van der Waals surface area contributed by atoms with Crippen molar-refractivity contribution in [2.45, 2.75) is 19.3 Å². The smallest absolute Gasteiger partial charge is 0.400 e. The van der Waals surface area contributed by atoms with Crippen LogP contribution in [0.4, 0.5) is 0 Å². The van der Waals surface area contributed by atoms with Gasteiger partial charge in [0.2, 0.25) is 0 Å². The van der Waals surface area contributed by atoms with Gasteiger partial charge in [-0.25, -0.2) is 0 Å². The molecule has 0 N–H and O–H groups in total. The molecule has 1 saturated heterocycles. The van der Waals surface area contributed by atoms with Crippen LogP contribution in [0.5, 0.6) is 11.8 Å². The molecule has 1 aliphatic rings. The molecule has 0 bridgehead atoms. The molecule has 23 heavy (non-hydrogen) atoms. The Hall–Kier alpha value is -2.33. The first-order valence-corrected chi connectivity index (χ1v) is 8.21. The molecule has 118 valence electrons. The van der Waals surface area contributed by atoms with Crippen molar-refractivity contribution in [2.24, 2.45) is 0 Å². The zero-order valence-electron chi connectivity index (χ0n) is 13.1. The molecule has 4 heteroatoms. The molecule has 0 radical (unpaired) electrons. The van der Waals surface area contributed by atoms with E-state index in [1.807, 2.05) is 36.4 Å². The fourth-order valence-electron chi connectivity index (χ4n) is 3.01. The lowest BCUT2D eigenvalue weighted by atomic mass is 10.1. The Kier molecular flexibility index (Phi) is 3.99. The summed E-state index contributed by atoms with van der Waals surface area (Å²) in [5.41, 5.74) is 2.89. The summed E-state index contributed by atoms with van der Waals surface area (Å²) < 4.78 is 11.3. The lowest BCUT2D eigenvalue weighted by molar-refractivity contribution is 0.341. The largest absolute Gasteiger partial charge is 0.411 e. The number of aromatic nitrogens is 1. The molecule has 4 rings (SSSR count). The highest BCUT2D eigenvalue weighted by Gasteiger charge is 2.11. The van der Waals surface area contributed by atoms with Crippen LogP contribution < -0.4 is 4.74 Å². The Labute approximate surface area is 135 Å². The lowest BCUT2D eigenvalue weighted by Crippen LogP contribution is -2.21. The van der Waals surface area contributed by atoms with E-state index >= 15 is 0 Å². The van der Waals surface area contributed by atoms with E-state index in [-0.39, 0.29) is 6.08 Å². The van der Waals surface area contributed by atoms with Crippen molar-refractivity contribution >= 4 is 11.1 Å². The van der Waals surface area contributed by atoms with Crippen LogP contribution in [-0.2, 0) is 6.42 Å². The summed E-state index contributed by atoms with van der Waals surface area (Å²) in [4.78, 5) is 6.85. The van der Waals surface area contributed by atoms with Crippen LogP contribution in [0, 0.1) is 0 Å². The van der Waals surface area contributed by atoms with E-state index in [2.05, 4.69) is 22.0 Å². The number of para-hydroxylation sites is 2. The Bertz CT molecular complexity index is 740. The molecule has 1 aromatic heterocycles. The van der Waals surface area contributed by atoms with Crippen molar-refractivity contribution in [1.29, 1.82) is 0 Å². The van der Waals surface area contributed by atoms with Crippen molar-refractivity contribution in [3.05, 3.63) is 54.1 Å². The molecule has 3 aromatic rings. The predicted molar refractivity (Wildman–Crippen MR) is 89.9 cm³/mol. The normalized spacial score (nSPS) is 15.3. The molecule has 0 atom stereocenters. The van der Waals surface area contributed by atoms with Gasteiger partial charge >= 0.3 is 6.08 Å². The van der Waals surface area contributed by atoms with Gasteiger partial charge in [-0.05, 0) is 62.2 Å². The van der Waals surface area contributed by atoms with Crippen molar-refractivity contribution in [3.63, 3.8) is 0 Å². The minimum absolute atomic E-state index is 0.288. The molecule has 0 spiro atoms. The van der Waals surface area contributed by atoms with Crippen molar-refractivity contribution in [3.8, 4) is 11.8 Å². The summed E-state index contributed by atoms with van der Waals surface area (Å²) in [6.07, 6.45) is 4.06. The number of ether oxygens (including phenoxy) is 1. The fourth-order valence-corrected chi connectivity index (χ4v) is 3.01. The van der Waals surface area contributed by atoms with Crippen LogP contribution in [0.25, 0.3) is 11.1 Å². The second kappa shape index (κ2) is 6.42. The molecule has 0 unspecified atom stereocenters. The number of hydrogen-bond donors (Lipinski definition) is 0. The number of hydrogen-bond acceptors (Lipinski definition) is 4. The zero-order chi connectivity index (χ0) is 15.5. The molecular formula is C19H20N2O2. The van der Waals surface area contributed by atoms with Crippen LogP contribution in [0.15, 0.2) is 52.9 Å². The molecule has 4 nitrogen and oxygen atoms in total. The second-order valence-electron chi connectivity index (χ2n) is 5.99. The van der Waals surface area contributed by atoms with Crippen LogP contribution in [0.1, 0.15) is 18.4 Å². The molecule has 2 aromatic carbocycles. The van der Waals surface area contributed by atoms with Crippen LogP contribution in [0.3, 0.4) is 0 Å². The zero-order valence-corrected chi connectivity index (χ0v) is 13.1. The maximum Gasteiger partial charge on any atom is 0.400 e. The minimum Gasteiger partial charge on any atom is -0.411 e. The third-order valence-electron chi connectivity index (χ3n) is 4.32. The topological polar surface area (TPSA) is 38.5 Å². The number of nitrogens with zero attached hydrogens (tertiary/aromatic N) is 2. The van der Waals surface area contributed by atoms with Gasteiger partial charge in [-0.1, -0.05) is 24.3 Å². The first-order valence-electron chi connectivity index (χ1n) is 8.21.